The van der Waals surface area contributed by atoms with Gasteiger partial charge in [-0.05, 0) is 62.9 Å². The Morgan fingerprint density at radius 1 is 1.27 bits per heavy atom. The second-order valence-corrected chi connectivity index (χ2v) is 11.4. The molecule has 1 aliphatic heterocycles. The van der Waals surface area contributed by atoms with E-state index in [-0.39, 0.29) is 34.5 Å². The number of amides is 1. The van der Waals surface area contributed by atoms with Crippen LogP contribution in [-0.4, -0.2) is 42.8 Å². The SMILES string of the molecule is COc1ccc(C(=O)Nc2ccc(F)c([C@]3(C)CS(=O)(=O)[C@](C)(C4CCC4)C(=N)N3)c2)nc1. The lowest BCUT2D eigenvalue weighted by molar-refractivity contribution is 0.102. The number of hydrogen-bond donors (Lipinski definition) is 3. The fourth-order valence-corrected chi connectivity index (χ4v) is 6.93. The fraction of sp³-hybridized carbons (Fsp3) is 0.435. The van der Waals surface area contributed by atoms with Gasteiger partial charge in [-0.2, -0.15) is 0 Å². The summed E-state index contributed by atoms with van der Waals surface area (Å²) in [7, 11) is -2.26. The van der Waals surface area contributed by atoms with E-state index < -0.39 is 31.8 Å². The van der Waals surface area contributed by atoms with Crippen molar-refractivity contribution >= 4 is 27.3 Å². The minimum absolute atomic E-state index is 0.0620. The van der Waals surface area contributed by atoms with Crippen molar-refractivity contribution < 1.29 is 22.3 Å². The quantitative estimate of drug-likeness (QED) is 0.612. The highest BCUT2D eigenvalue weighted by Gasteiger charge is 2.58. The van der Waals surface area contributed by atoms with Gasteiger partial charge in [0.05, 0.1) is 24.6 Å². The molecule has 1 aromatic heterocycles. The van der Waals surface area contributed by atoms with Crippen molar-refractivity contribution in [3.63, 3.8) is 0 Å². The van der Waals surface area contributed by atoms with E-state index in [2.05, 4.69) is 15.6 Å². The summed E-state index contributed by atoms with van der Waals surface area (Å²) in [6.45, 7) is 3.16. The van der Waals surface area contributed by atoms with E-state index in [4.69, 9.17) is 10.1 Å². The number of anilines is 1. The number of nitrogens with zero attached hydrogens (tertiary/aromatic N) is 1. The summed E-state index contributed by atoms with van der Waals surface area (Å²) < 4.78 is 45.4. The molecule has 1 saturated carbocycles. The van der Waals surface area contributed by atoms with Crippen LogP contribution in [0.15, 0.2) is 36.5 Å². The van der Waals surface area contributed by atoms with Gasteiger partial charge in [0, 0.05) is 11.3 Å². The third kappa shape index (κ3) is 3.86. The van der Waals surface area contributed by atoms with Gasteiger partial charge in [-0.1, -0.05) is 6.42 Å². The molecule has 176 valence electrons. The Labute approximate surface area is 192 Å². The van der Waals surface area contributed by atoms with Gasteiger partial charge in [0.2, 0.25) is 0 Å². The molecule has 1 aliphatic carbocycles. The number of hydrogen-bond acceptors (Lipinski definition) is 6. The first kappa shape index (κ1) is 23.2. The largest absolute Gasteiger partial charge is 0.495 e. The molecule has 2 aliphatic rings. The molecule has 8 nitrogen and oxygen atoms in total. The Kier molecular flexibility index (Phi) is 5.68. The molecule has 1 saturated heterocycles. The van der Waals surface area contributed by atoms with Gasteiger partial charge in [0.25, 0.3) is 5.91 Å². The molecular formula is C23H27FN4O4S. The highest BCUT2D eigenvalue weighted by atomic mass is 32.2. The number of pyridine rings is 1. The van der Waals surface area contributed by atoms with Crippen molar-refractivity contribution in [2.75, 3.05) is 18.2 Å². The molecule has 4 rings (SSSR count). The number of sulfone groups is 1. The van der Waals surface area contributed by atoms with E-state index in [0.29, 0.717) is 5.75 Å². The topological polar surface area (TPSA) is 121 Å². The van der Waals surface area contributed by atoms with E-state index in [0.717, 1.165) is 19.3 Å². The summed E-state index contributed by atoms with van der Waals surface area (Å²) in [5.41, 5.74) is -0.868. The summed E-state index contributed by atoms with van der Waals surface area (Å²) in [4.78, 5) is 16.6. The third-order valence-corrected chi connectivity index (χ3v) is 9.72. The second-order valence-electron chi connectivity index (χ2n) is 9.06. The number of rotatable bonds is 5. The molecule has 0 bridgehead atoms. The van der Waals surface area contributed by atoms with Gasteiger partial charge in [-0.25, -0.2) is 17.8 Å². The smallest absolute Gasteiger partial charge is 0.274 e. The van der Waals surface area contributed by atoms with Gasteiger partial charge < -0.3 is 15.4 Å². The number of halogens is 1. The normalized spacial score (nSPS) is 26.7. The van der Waals surface area contributed by atoms with E-state index in [9.17, 15) is 17.6 Å². The molecule has 3 N–H and O–H groups in total. The highest BCUT2D eigenvalue weighted by molar-refractivity contribution is 7.93. The number of aromatic nitrogens is 1. The number of carbonyl (C=O) groups is 1. The van der Waals surface area contributed by atoms with E-state index in [1.807, 2.05) is 0 Å². The number of carbonyl (C=O) groups excluding carboxylic acids is 1. The second kappa shape index (κ2) is 8.09. The van der Waals surface area contributed by atoms with Gasteiger partial charge in [-0.15, -0.1) is 0 Å². The van der Waals surface area contributed by atoms with Crippen LogP contribution < -0.4 is 15.4 Å². The molecule has 2 heterocycles. The minimum atomic E-state index is -3.75. The lowest BCUT2D eigenvalue weighted by atomic mass is 9.74. The van der Waals surface area contributed by atoms with E-state index in [1.165, 1.54) is 37.6 Å². The van der Waals surface area contributed by atoms with Crippen LogP contribution in [0, 0.1) is 17.1 Å². The van der Waals surface area contributed by atoms with Gasteiger partial charge in [0.15, 0.2) is 9.84 Å². The summed E-state index contributed by atoms with van der Waals surface area (Å²) in [5.74, 6) is -1.21. The van der Waals surface area contributed by atoms with Crippen molar-refractivity contribution in [2.45, 2.75) is 43.4 Å². The van der Waals surface area contributed by atoms with Crippen molar-refractivity contribution in [3.8, 4) is 5.75 Å². The first-order valence-electron chi connectivity index (χ1n) is 10.7. The molecule has 1 amide bonds. The van der Waals surface area contributed by atoms with Crippen molar-refractivity contribution in [1.29, 1.82) is 5.41 Å². The van der Waals surface area contributed by atoms with Crippen molar-refractivity contribution in [2.24, 2.45) is 5.92 Å². The van der Waals surface area contributed by atoms with Crippen molar-refractivity contribution in [3.05, 3.63) is 53.6 Å². The monoisotopic (exact) mass is 474 g/mol. The summed E-state index contributed by atoms with van der Waals surface area (Å²) in [6, 6.07) is 7.07. The standard InChI is InChI=1S/C23H27FN4O4S/c1-22(13-33(30,31)23(2,21(25)28-22)14-5-4-6-14)17-11-15(7-9-18(17)24)27-20(29)19-10-8-16(32-3)12-26-19/h7-12,14H,4-6,13H2,1-3H3,(H2,25,28)(H,27,29)/t22-,23+/m0/s1. The van der Waals surface area contributed by atoms with Crippen LogP contribution in [0.25, 0.3) is 0 Å². The lowest BCUT2D eigenvalue weighted by Gasteiger charge is -2.50. The zero-order valence-corrected chi connectivity index (χ0v) is 19.6. The molecule has 10 heteroatoms. The molecule has 33 heavy (non-hydrogen) atoms. The number of amidine groups is 1. The van der Waals surface area contributed by atoms with Crippen LogP contribution in [0.2, 0.25) is 0 Å². The average molecular weight is 475 g/mol. The summed E-state index contributed by atoms with van der Waals surface area (Å²) in [6.07, 6.45) is 3.87. The van der Waals surface area contributed by atoms with Crippen LogP contribution >= 0.6 is 0 Å². The van der Waals surface area contributed by atoms with Gasteiger partial charge in [-0.3, -0.25) is 10.2 Å². The Morgan fingerprint density at radius 2 is 2.00 bits per heavy atom. The predicted molar refractivity (Wildman–Crippen MR) is 123 cm³/mol. The summed E-state index contributed by atoms with van der Waals surface area (Å²) in [5, 5.41) is 14.2. The zero-order chi connectivity index (χ0) is 24.0. The molecule has 2 atom stereocenters. The maximum atomic E-state index is 14.9. The van der Waals surface area contributed by atoms with Crippen LogP contribution in [0.1, 0.15) is 49.2 Å². The van der Waals surface area contributed by atoms with Crippen LogP contribution in [-0.2, 0) is 15.4 Å². The Morgan fingerprint density at radius 3 is 2.55 bits per heavy atom. The average Bonchev–Trinajstić information content (AvgIpc) is 2.72. The number of nitrogens with one attached hydrogen (secondary N) is 3. The van der Waals surface area contributed by atoms with Crippen LogP contribution in [0.4, 0.5) is 10.1 Å². The zero-order valence-electron chi connectivity index (χ0n) is 18.7. The molecule has 2 fully saturated rings. The lowest BCUT2D eigenvalue weighted by Crippen LogP contribution is -2.68. The van der Waals surface area contributed by atoms with E-state index >= 15 is 0 Å². The maximum Gasteiger partial charge on any atom is 0.274 e. The molecular weight excluding hydrogens is 447 g/mol. The number of methoxy groups -OCH3 is 1. The van der Waals surface area contributed by atoms with Crippen molar-refractivity contribution in [1.82, 2.24) is 10.3 Å². The van der Waals surface area contributed by atoms with Gasteiger partial charge >= 0.3 is 0 Å². The molecule has 1 aromatic carbocycles. The Balaban J connectivity index is 1.62. The minimum Gasteiger partial charge on any atom is -0.495 e. The predicted octanol–water partition coefficient (Wildman–Crippen LogP) is 3.25. The molecule has 0 spiro atoms. The number of benzene rings is 1. The Bertz CT molecular complexity index is 1210. The fourth-order valence-electron chi connectivity index (χ4n) is 4.54. The molecule has 0 unspecified atom stereocenters. The molecule has 0 radical (unpaired) electrons. The Hall–Kier alpha value is -3.01. The van der Waals surface area contributed by atoms with Crippen LogP contribution in [0.5, 0.6) is 5.75 Å². The van der Waals surface area contributed by atoms with Gasteiger partial charge in [0.1, 0.15) is 27.8 Å². The maximum absolute atomic E-state index is 14.9. The number of ether oxygens (including phenoxy) is 1. The first-order valence-corrected chi connectivity index (χ1v) is 12.4. The molecule has 2 aromatic rings. The van der Waals surface area contributed by atoms with Crippen LogP contribution in [0.3, 0.4) is 0 Å². The first-order chi connectivity index (χ1) is 15.5. The highest BCUT2D eigenvalue weighted by Crippen LogP contribution is 2.46. The van der Waals surface area contributed by atoms with E-state index in [1.54, 1.807) is 19.9 Å². The summed E-state index contributed by atoms with van der Waals surface area (Å²) >= 11 is 0. The third-order valence-electron chi connectivity index (χ3n) is 6.93.